The van der Waals surface area contributed by atoms with Crippen molar-refractivity contribution in [1.82, 2.24) is 29.7 Å². The smallest absolute Gasteiger partial charge is 0.249 e. The van der Waals surface area contributed by atoms with Crippen molar-refractivity contribution in [3.63, 3.8) is 0 Å². The van der Waals surface area contributed by atoms with E-state index in [0.29, 0.717) is 31.9 Å². The fourth-order valence-electron chi connectivity index (χ4n) is 5.57. The van der Waals surface area contributed by atoms with Gasteiger partial charge in [-0.1, -0.05) is 49.6 Å². The molecule has 2 N–H and O–H groups in total. The Morgan fingerprint density at radius 1 is 1.20 bits per heavy atom. The number of aromatic amines is 1. The lowest BCUT2D eigenvalue weighted by molar-refractivity contribution is -0.148. The molecule has 1 aromatic carbocycles. The van der Waals surface area contributed by atoms with Crippen molar-refractivity contribution in [2.45, 2.75) is 64.1 Å². The summed E-state index contributed by atoms with van der Waals surface area (Å²) in [4.78, 5) is 40.0. The van der Waals surface area contributed by atoms with Gasteiger partial charge in [0.15, 0.2) is 0 Å². The molecular weight excluding hydrogens is 504 g/mol. The van der Waals surface area contributed by atoms with Crippen LogP contribution in [0.15, 0.2) is 73.7 Å². The average molecular weight is 541 g/mol. The summed E-state index contributed by atoms with van der Waals surface area (Å²) in [5.41, 5.74) is 2.01. The number of nitrogens with zero attached hydrogens (tertiary/aromatic N) is 4. The normalized spacial score (nSPS) is 14.8. The van der Waals surface area contributed by atoms with E-state index in [1.807, 2.05) is 59.4 Å². The Balaban J connectivity index is 1.27. The van der Waals surface area contributed by atoms with Gasteiger partial charge in [0.05, 0.1) is 18.0 Å². The van der Waals surface area contributed by atoms with Crippen LogP contribution in [0.5, 0.6) is 5.88 Å². The summed E-state index contributed by atoms with van der Waals surface area (Å²) in [5, 5.41) is 3.95. The molecule has 0 atom stereocenters. The molecule has 208 valence electrons. The molecular formula is C31H36N6O3. The highest BCUT2D eigenvalue weighted by molar-refractivity contribution is 5.93. The minimum absolute atomic E-state index is 0.0705. The molecule has 0 spiro atoms. The first kappa shape index (κ1) is 27.2. The zero-order chi connectivity index (χ0) is 27.8. The third kappa shape index (κ3) is 6.25. The number of hydrogen-bond acceptors (Lipinski definition) is 5. The Morgan fingerprint density at radius 3 is 2.77 bits per heavy atom. The maximum absolute atomic E-state index is 13.7. The molecule has 1 fully saturated rings. The quantitative estimate of drug-likeness (QED) is 0.276. The maximum atomic E-state index is 13.7. The van der Waals surface area contributed by atoms with Gasteiger partial charge in [0, 0.05) is 61.8 Å². The van der Waals surface area contributed by atoms with Crippen LogP contribution in [-0.4, -0.2) is 48.3 Å². The predicted molar refractivity (Wildman–Crippen MR) is 154 cm³/mol. The number of carbonyl (C=O) groups is 2. The summed E-state index contributed by atoms with van der Waals surface area (Å²) >= 11 is 0. The van der Waals surface area contributed by atoms with Crippen molar-refractivity contribution < 1.29 is 14.3 Å². The summed E-state index contributed by atoms with van der Waals surface area (Å²) in [6, 6.07) is 11.9. The molecule has 4 aromatic rings. The lowest BCUT2D eigenvalue weighted by Crippen LogP contribution is -2.60. The van der Waals surface area contributed by atoms with Crippen molar-refractivity contribution in [3.05, 3.63) is 84.8 Å². The number of aryl methyl sites for hydroxylation is 1. The van der Waals surface area contributed by atoms with Crippen LogP contribution in [0.2, 0.25) is 0 Å². The van der Waals surface area contributed by atoms with E-state index in [1.54, 1.807) is 36.7 Å². The fraction of sp³-hybridized carbons (Fsp3) is 0.355. The maximum Gasteiger partial charge on any atom is 0.249 e. The van der Waals surface area contributed by atoms with Gasteiger partial charge in [-0.15, -0.1) is 0 Å². The van der Waals surface area contributed by atoms with Crippen LogP contribution in [0.3, 0.4) is 0 Å². The molecule has 3 aromatic heterocycles. The number of rotatable bonds is 11. The third-order valence-electron chi connectivity index (χ3n) is 7.64. The largest absolute Gasteiger partial charge is 0.473 e. The molecule has 9 nitrogen and oxygen atoms in total. The highest BCUT2D eigenvalue weighted by Crippen LogP contribution is 2.35. The van der Waals surface area contributed by atoms with Crippen LogP contribution in [-0.2, 0) is 22.7 Å². The number of pyridine rings is 1. The van der Waals surface area contributed by atoms with E-state index in [9.17, 15) is 9.59 Å². The molecule has 1 aliphatic carbocycles. The molecule has 0 unspecified atom stereocenters. The van der Waals surface area contributed by atoms with Crippen LogP contribution in [0.25, 0.3) is 17.0 Å². The summed E-state index contributed by atoms with van der Waals surface area (Å²) in [7, 11) is 0. The highest BCUT2D eigenvalue weighted by Gasteiger charge is 2.45. The van der Waals surface area contributed by atoms with Crippen molar-refractivity contribution in [1.29, 1.82) is 0 Å². The molecule has 40 heavy (non-hydrogen) atoms. The Kier molecular flexibility index (Phi) is 8.59. The van der Waals surface area contributed by atoms with Gasteiger partial charge in [-0.2, -0.15) is 0 Å². The number of H-pyrrole nitrogens is 1. The minimum atomic E-state index is -0.841. The fourth-order valence-corrected chi connectivity index (χ4v) is 5.57. The number of benzene rings is 1. The summed E-state index contributed by atoms with van der Waals surface area (Å²) < 4.78 is 7.89. The Labute approximate surface area is 234 Å². The number of nitrogens with one attached hydrogen (secondary N) is 2. The van der Waals surface area contributed by atoms with Crippen LogP contribution >= 0.6 is 0 Å². The van der Waals surface area contributed by atoms with Crippen molar-refractivity contribution in [3.8, 4) is 5.88 Å². The second kappa shape index (κ2) is 12.6. The molecule has 0 aliphatic heterocycles. The number of aromatic nitrogens is 4. The summed E-state index contributed by atoms with van der Waals surface area (Å²) in [6.07, 6.45) is 17.6. The molecule has 9 heteroatoms. The predicted octanol–water partition coefficient (Wildman–Crippen LogP) is 5.07. The first-order chi connectivity index (χ1) is 19.5. The molecule has 5 rings (SSSR count). The van der Waals surface area contributed by atoms with Gasteiger partial charge < -0.3 is 24.5 Å². The SMILES string of the molecule is CC(=O)N(CCCn1ccnc1)C1(C(=O)NC=Cc2c[nH]c3cnc(OCc4ccccc4)cc23)CCCCC1. The van der Waals surface area contributed by atoms with Gasteiger partial charge >= 0.3 is 0 Å². The van der Waals surface area contributed by atoms with Gasteiger partial charge in [-0.3, -0.25) is 9.59 Å². The second-order valence-corrected chi connectivity index (χ2v) is 10.3. The zero-order valence-electron chi connectivity index (χ0n) is 22.9. The second-order valence-electron chi connectivity index (χ2n) is 10.3. The minimum Gasteiger partial charge on any atom is -0.473 e. The lowest BCUT2D eigenvalue weighted by Gasteiger charge is -2.44. The Bertz CT molecular complexity index is 1440. The summed E-state index contributed by atoms with van der Waals surface area (Å²) in [6.45, 7) is 3.26. The van der Waals surface area contributed by atoms with Crippen LogP contribution in [0.1, 0.15) is 56.6 Å². The topological polar surface area (TPSA) is 105 Å². The number of hydrogen-bond donors (Lipinski definition) is 2. The van der Waals surface area contributed by atoms with Gasteiger partial charge in [0.25, 0.3) is 0 Å². The number of ether oxygens (including phenoxy) is 1. The van der Waals surface area contributed by atoms with E-state index in [0.717, 1.165) is 54.3 Å². The molecule has 0 bridgehead atoms. The average Bonchev–Trinajstić information content (AvgIpc) is 3.65. The number of amides is 2. The standard InChI is InChI=1S/C31H36N6O3/c1-24(38)37(17-8-16-36-18-15-32-23-36)31(12-6-3-7-13-31)30(39)33-14-11-26-20-34-28-21-35-29(19-27(26)28)40-22-25-9-4-2-5-10-25/h2,4-5,9-11,14-15,18-21,23,34H,3,6-8,12-13,16-17,22H2,1H3,(H,33,39). The van der Waals surface area contributed by atoms with Gasteiger partial charge in [-0.05, 0) is 30.9 Å². The first-order valence-corrected chi connectivity index (χ1v) is 13.9. The zero-order valence-corrected chi connectivity index (χ0v) is 22.9. The van der Waals surface area contributed by atoms with Gasteiger partial charge in [0.2, 0.25) is 17.7 Å². The number of imidazole rings is 1. The van der Waals surface area contributed by atoms with Crippen LogP contribution in [0.4, 0.5) is 0 Å². The lowest BCUT2D eigenvalue weighted by atomic mass is 9.79. The molecule has 0 saturated heterocycles. The van der Waals surface area contributed by atoms with Crippen molar-refractivity contribution in [2.24, 2.45) is 0 Å². The van der Waals surface area contributed by atoms with E-state index in [2.05, 4.69) is 20.3 Å². The molecule has 0 radical (unpaired) electrons. The number of fused-ring (bicyclic) bond motifs is 1. The van der Waals surface area contributed by atoms with E-state index < -0.39 is 5.54 Å². The van der Waals surface area contributed by atoms with Gasteiger partial charge in [0.1, 0.15) is 12.1 Å². The monoisotopic (exact) mass is 540 g/mol. The molecule has 1 aliphatic rings. The van der Waals surface area contributed by atoms with E-state index in [1.165, 1.54) is 0 Å². The van der Waals surface area contributed by atoms with Crippen LogP contribution in [0, 0.1) is 0 Å². The van der Waals surface area contributed by atoms with Gasteiger partial charge in [-0.25, -0.2) is 9.97 Å². The summed E-state index contributed by atoms with van der Waals surface area (Å²) in [5.74, 6) is 0.331. The van der Waals surface area contributed by atoms with E-state index >= 15 is 0 Å². The highest BCUT2D eigenvalue weighted by atomic mass is 16.5. The Hall–Kier alpha value is -4.40. The first-order valence-electron chi connectivity index (χ1n) is 13.9. The van der Waals surface area contributed by atoms with E-state index in [4.69, 9.17) is 4.74 Å². The third-order valence-corrected chi connectivity index (χ3v) is 7.64. The molecule has 1 saturated carbocycles. The van der Waals surface area contributed by atoms with Crippen LogP contribution < -0.4 is 10.1 Å². The van der Waals surface area contributed by atoms with Crippen molar-refractivity contribution >= 4 is 28.8 Å². The van der Waals surface area contributed by atoms with Crippen molar-refractivity contribution in [2.75, 3.05) is 6.54 Å². The van der Waals surface area contributed by atoms with E-state index in [-0.39, 0.29) is 11.8 Å². The molecule has 3 heterocycles. The Morgan fingerprint density at radius 2 is 2.02 bits per heavy atom. The molecule has 2 amide bonds. The number of carbonyl (C=O) groups excluding carboxylic acids is 2.